The summed E-state index contributed by atoms with van der Waals surface area (Å²) in [5, 5.41) is 3.89. The SMILES string of the molecule is Cl.ClC1=N[N]C=C1. The van der Waals surface area contributed by atoms with E-state index in [2.05, 4.69) is 10.5 Å². The Balaban J connectivity index is 0.000000360. The van der Waals surface area contributed by atoms with Gasteiger partial charge in [-0.2, -0.15) is 5.43 Å². The first-order chi connectivity index (χ1) is 2.89. The molecule has 1 aliphatic heterocycles. The largest absolute Gasteiger partial charge is 0.158 e. The number of halogens is 2. The van der Waals surface area contributed by atoms with Gasteiger partial charge in [-0.15, -0.1) is 17.5 Å². The van der Waals surface area contributed by atoms with E-state index in [1.54, 1.807) is 12.3 Å². The molecule has 1 radical (unpaired) electrons. The van der Waals surface area contributed by atoms with Crippen molar-refractivity contribution in [1.29, 1.82) is 0 Å². The third-order valence-electron chi connectivity index (χ3n) is 0.432. The van der Waals surface area contributed by atoms with Crippen molar-refractivity contribution in [2.45, 2.75) is 0 Å². The maximum atomic E-state index is 5.28. The number of nitrogens with zero attached hydrogens (tertiary/aromatic N) is 2. The molecule has 2 nitrogen and oxygen atoms in total. The van der Waals surface area contributed by atoms with Crippen molar-refractivity contribution in [3.63, 3.8) is 0 Å². The van der Waals surface area contributed by atoms with Gasteiger partial charge in [0.15, 0.2) is 5.17 Å². The molecule has 1 heterocycles. The average Bonchev–Trinajstić information content (AvgIpc) is 1.86. The molecule has 1 rings (SSSR count). The Morgan fingerprint density at radius 3 is 2.43 bits per heavy atom. The topological polar surface area (TPSA) is 26.5 Å². The van der Waals surface area contributed by atoms with Gasteiger partial charge in [0.25, 0.3) is 0 Å². The molecule has 0 atom stereocenters. The van der Waals surface area contributed by atoms with Gasteiger partial charge in [-0.25, -0.2) is 0 Å². The van der Waals surface area contributed by atoms with Crippen LogP contribution in [0.25, 0.3) is 0 Å². The van der Waals surface area contributed by atoms with Gasteiger partial charge in [-0.05, 0) is 6.08 Å². The zero-order chi connectivity index (χ0) is 4.41. The van der Waals surface area contributed by atoms with Gasteiger partial charge in [0.1, 0.15) is 0 Å². The minimum atomic E-state index is 0. The van der Waals surface area contributed by atoms with Crippen LogP contribution in [0.5, 0.6) is 0 Å². The van der Waals surface area contributed by atoms with Crippen LogP contribution < -0.4 is 5.43 Å². The van der Waals surface area contributed by atoms with E-state index in [9.17, 15) is 0 Å². The molecule has 1 aliphatic rings. The molecule has 0 bridgehead atoms. The molecule has 0 aromatic carbocycles. The van der Waals surface area contributed by atoms with Crippen molar-refractivity contribution in [2.24, 2.45) is 5.10 Å². The molecule has 4 heteroatoms. The highest BCUT2D eigenvalue weighted by molar-refractivity contribution is 6.68. The summed E-state index contributed by atoms with van der Waals surface area (Å²) >= 11 is 5.28. The zero-order valence-corrected chi connectivity index (χ0v) is 4.91. The lowest BCUT2D eigenvalue weighted by Gasteiger charge is -1.67. The van der Waals surface area contributed by atoms with Crippen LogP contribution in [0.2, 0.25) is 0 Å². The smallest absolute Gasteiger partial charge is 0.153 e. The van der Waals surface area contributed by atoms with Crippen molar-refractivity contribution in [3.8, 4) is 0 Å². The molecule has 7 heavy (non-hydrogen) atoms. The highest BCUT2D eigenvalue weighted by Gasteiger charge is 1.90. The van der Waals surface area contributed by atoms with Gasteiger partial charge in [0, 0.05) is 0 Å². The molecular weight excluding hydrogens is 135 g/mol. The molecule has 0 aromatic rings. The fourth-order valence-electron chi connectivity index (χ4n) is 0.217. The third kappa shape index (κ3) is 1.80. The summed E-state index contributed by atoms with van der Waals surface area (Å²) in [4.78, 5) is 0. The Morgan fingerprint density at radius 1 is 1.57 bits per heavy atom. The molecule has 0 spiro atoms. The van der Waals surface area contributed by atoms with Gasteiger partial charge in [-0.3, -0.25) is 0 Å². The van der Waals surface area contributed by atoms with Crippen LogP contribution in [0.3, 0.4) is 0 Å². The van der Waals surface area contributed by atoms with Crippen LogP contribution in [-0.4, -0.2) is 5.17 Å². The van der Waals surface area contributed by atoms with Gasteiger partial charge >= 0.3 is 0 Å². The molecule has 0 amide bonds. The van der Waals surface area contributed by atoms with E-state index in [0.29, 0.717) is 5.17 Å². The van der Waals surface area contributed by atoms with Crippen molar-refractivity contribution in [3.05, 3.63) is 12.3 Å². The predicted molar refractivity (Wildman–Crippen MR) is 31.8 cm³/mol. The Bertz CT molecular complexity index is 105. The van der Waals surface area contributed by atoms with Crippen molar-refractivity contribution in [2.75, 3.05) is 0 Å². The molecule has 0 saturated heterocycles. The molecular formula is C3H3Cl2N2. The van der Waals surface area contributed by atoms with Gasteiger partial charge in [-0.1, -0.05) is 11.6 Å². The molecule has 0 saturated carbocycles. The summed E-state index contributed by atoms with van der Waals surface area (Å²) in [7, 11) is 0. The van der Waals surface area contributed by atoms with E-state index in [-0.39, 0.29) is 12.4 Å². The highest BCUT2D eigenvalue weighted by Crippen LogP contribution is 1.92. The second-order valence-corrected chi connectivity index (χ2v) is 1.24. The zero-order valence-electron chi connectivity index (χ0n) is 3.34. The van der Waals surface area contributed by atoms with Gasteiger partial charge in [0.2, 0.25) is 0 Å². The van der Waals surface area contributed by atoms with Crippen LogP contribution in [0.15, 0.2) is 17.4 Å². The summed E-state index contributed by atoms with van der Waals surface area (Å²) in [6.45, 7) is 0. The second kappa shape index (κ2) is 2.88. The Hall–Kier alpha value is -0.210. The van der Waals surface area contributed by atoms with Crippen LogP contribution in [0, 0.1) is 0 Å². The first kappa shape index (κ1) is 6.79. The van der Waals surface area contributed by atoms with Crippen LogP contribution in [0.1, 0.15) is 0 Å². The average molecular weight is 138 g/mol. The van der Waals surface area contributed by atoms with E-state index < -0.39 is 0 Å². The maximum absolute atomic E-state index is 5.28. The summed E-state index contributed by atoms with van der Waals surface area (Å²) in [6, 6.07) is 0. The predicted octanol–water partition coefficient (Wildman–Crippen LogP) is 1.09. The number of allylic oxidation sites excluding steroid dienone is 1. The Morgan fingerprint density at radius 2 is 2.29 bits per heavy atom. The quantitative estimate of drug-likeness (QED) is 0.479. The van der Waals surface area contributed by atoms with E-state index in [1.807, 2.05) is 0 Å². The molecule has 0 unspecified atom stereocenters. The fraction of sp³-hybridized carbons (Fsp3) is 0. The van der Waals surface area contributed by atoms with Gasteiger partial charge in [0.05, 0.1) is 6.20 Å². The van der Waals surface area contributed by atoms with E-state index in [0.717, 1.165) is 0 Å². The first-order valence-corrected chi connectivity index (χ1v) is 1.87. The summed E-state index contributed by atoms with van der Waals surface area (Å²) < 4.78 is 0. The van der Waals surface area contributed by atoms with Gasteiger partial charge < -0.3 is 0 Å². The summed E-state index contributed by atoms with van der Waals surface area (Å²) in [5.74, 6) is 0. The third-order valence-corrected chi connectivity index (χ3v) is 0.634. The Labute approximate surface area is 52.6 Å². The number of rotatable bonds is 0. The lowest BCUT2D eigenvalue weighted by atomic mass is 10.7. The van der Waals surface area contributed by atoms with E-state index >= 15 is 0 Å². The van der Waals surface area contributed by atoms with E-state index in [4.69, 9.17) is 11.6 Å². The standard InChI is InChI=1S/C3H2ClN2.ClH/c4-3-1-2-5-6-3;/h1-2H;1H. The monoisotopic (exact) mass is 137 g/mol. The summed E-state index contributed by atoms with van der Waals surface area (Å²) in [6.07, 6.45) is 3.17. The second-order valence-electron chi connectivity index (χ2n) is 0.854. The molecule has 0 N–H and O–H groups in total. The molecule has 39 valence electrons. The van der Waals surface area contributed by atoms with Crippen LogP contribution >= 0.6 is 24.0 Å². The fourth-order valence-corrected chi connectivity index (χ4v) is 0.317. The number of hydrogen-bond acceptors (Lipinski definition) is 1. The lowest BCUT2D eigenvalue weighted by molar-refractivity contribution is 0.975. The minimum Gasteiger partial charge on any atom is -0.158 e. The van der Waals surface area contributed by atoms with Crippen molar-refractivity contribution in [1.82, 2.24) is 5.43 Å². The lowest BCUT2D eigenvalue weighted by Crippen LogP contribution is -1.73. The number of hydrogen-bond donors (Lipinski definition) is 0. The van der Waals surface area contributed by atoms with Crippen LogP contribution in [0.4, 0.5) is 0 Å². The first-order valence-electron chi connectivity index (χ1n) is 1.49. The molecule has 0 aromatic heterocycles. The maximum Gasteiger partial charge on any atom is 0.153 e. The highest BCUT2D eigenvalue weighted by atomic mass is 35.5. The van der Waals surface area contributed by atoms with Crippen molar-refractivity contribution < 1.29 is 0 Å². The molecule has 0 fully saturated rings. The van der Waals surface area contributed by atoms with Crippen molar-refractivity contribution >= 4 is 29.2 Å². The normalized spacial score (nSPS) is 14.7. The summed E-state index contributed by atoms with van der Waals surface area (Å²) in [5.41, 5.74) is 3.44. The van der Waals surface area contributed by atoms with Crippen LogP contribution in [-0.2, 0) is 0 Å². The minimum absolute atomic E-state index is 0. The Kier molecular flexibility index (Phi) is 2.79. The van der Waals surface area contributed by atoms with E-state index in [1.165, 1.54) is 0 Å². The molecule has 0 aliphatic carbocycles.